The van der Waals surface area contributed by atoms with Gasteiger partial charge in [0.05, 0.1) is 6.54 Å². The van der Waals surface area contributed by atoms with E-state index in [-0.39, 0.29) is 6.04 Å². The number of halogens is 3. The first-order chi connectivity index (χ1) is 8.87. The lowest BCUT2D eigenvalue weighted by atomic mass is 10.3. The Labute approximate surface area is 114 Å². The predicted octanol–water partition coefficient (Wildman–Crippen LogP) is 2.67. The van der Waals surface area contributed by atoms with Crippen molar-refractivity contribution < 1.29 is 17.9 Å². The van der Waals surface area contributed by atoms with Gasteiger partial charge in [-0.05, 0) is 40.2 Å². The van der Waals surface area contributed by atoms with Crippen LogP contribution in [-0.2, 0) is 4.74 Å². The van der Waals surface area contributed by atoms with E-state index in [2.05, 4.69) is 5.32 Å². The van der Waals surface area contributed by atoms with E-state index in [1.54, 1.807) is 13.8 Å². The minimum atomic E-state index is -4.12. The summed E-state index contributed by atoms with van der Waals surface area (Å²) < 4.78 is 42.2. The van der Waals surface area contributed by atoms with E-state index in [1.807, 2.05) is 6.92 Å². The van der Waals surface area contributed by atoms with Crippen molar-refractivity contribution in [1.82, 2.24) is 10.2 Å². The smallest absolute Gasteiger partial charge is 0.382 e. The molecule has 6 heteroatoms. The van der Waals surface area contributed by atoms with E-state index < -0.39 is 12.7 Å². The molecule has 0 spiro atoms. The molecule has 0 radical (unpaired) electrons. The summed E-state index contributed by atoms with van der Waals surface area (Å²) in [5, 5.41) is 3.17. The zero-order chi connectivity index (χ0) is 14.7. The van der Waals surface area contributed by atoms with E-state index in [9.17, 15) is 13.2 Å². The lowest BCUT2D eigenvalue weighted by molar-refractivity contribution is -0.149. The molecular formula is C13H27F3N2O. The van der Waals surface area contributed by atoms with Gasteiger partial charge < -0.3 is 10.1 Å². The quantitative estimate of drug-likeness (QED) is 0.590. The highest BCUT2D eigenvalue weighted by molar-refractivity contribution is 4.68. The first kappa shape index (κ1) is 18.7. The minimum Gasteiger partial charge on any atom is -0.382 e. The molecule has 0 bridgehead atoms. The average Bonchev–Trinajstić information content (AvgIpc) is 2.29. The Balaban J connectivity index is 3.60. The predicted molar refractivity (Wildman–Crippen MR) is 71.4 cm³/mol. The van der Waals surface area contributed by atoms with Gasteiger partial charge >= 0.3 is 6.18 Å². The van der Waals surface area contributed by atoms with Crippen LogP contribution in [0, 0.1) is 0 Å². The summed E-state index contributed by atoms with van der Waals surface area (Å²) >= 11 is 0. The Morgan fingerprint density at radius 1 is 1.16 bits per heavy atom. The van der Waals surface area contributed by atoms with E-state index in [4.69, 9.17) is 4.74 Å². The van der Waals surface area contributed by atoms with E-state index in [0.717, 1.165) is 32.6 Å². The molecule has 0 amide bonds. The summed E-state index contributed by atoms with van der Waals surface area (Å²) in [6.45, 7) is 8.01. The molecule has 0 unspecified atom stereocenters. The molecule has 0 saturated heterocycles. The van der Waals surface area contributed by atoms with Crippen molar-refractivity contribution in [2.24, 2.45) is 0 Å². The van der Waals surface area contributed by atoms with Gasteiger partial charge in [-0.2, -0.15) is 13.2 Å². The number of unbranched alkanes of at least 4 members (excludes halogenated alkanes) is 1. The maximum absolute atomic E-state index is 12.3. The molecule has 0 saturated carbocycles. The van der Waals surface area contributed by atoms with Gasteiger partial charge in [0.25, 0.3) is 0 Å². The molecule has 116 valence electrons. The second kappa shape index (κ2) is 10.5. The average molecular weight is 284 g/mol. The normalized spacial score (nSPS) is 12.6. The summed E-state index contributed by atoms with van der Waals surface area (Å²) in [5.41, 5.74) is 0. The summed E-state index contributed by atoms with van der Waals surface area (Å²) in [6, 6.07) is -0.0959. The zero-order valence-corrected chi connectivity index (χ0v) is 12.2. The topological polar surface area (TPSA) is 24.5 Å². The fraction of sp³-hybridized carbons (Fsp3) is 1.00. The fourth-order valence-corrected chi connectivity index (χ4v) is 1.70. The van der Waals surface area contributed by atoms with Crippen LogP contribution in [0.15, 0.2) is 0 Å². The van der Waals surface area contributed by atoms with Crippen molar-refractivity contribution in [1.29, 1.82) is 0 Å². The van der Waals surface area contributed by atoms with Crippen molar-refractivity contribution in [3.63, 3.8) is 0 Å². The Morgan fingerprint density at radius 3 is 2.37 bits per heavy atom. The van der Waals surface area contributed by atoms with Crippen molar-refractivity contribution in [3.05, 3.63) is 0 Å². The highest BCUT2D eigenvalue weighted by atomic mass is 19.4. The number of ether oxygens (including phenoxy) is 1. The van der Waals surface area contributed by atoms with E-state index in [1.165, 1.54) is 4.90 Å². The standard InChI is InChI=1S/C13H27F3N2O/c1-4-19-10-6-5-7-17-8-9-18(12(2)3)11-13(14,15)16/h12,17H,4-11H2,1-3H3. The molecule has 0 atom stereocenters. The number of nitrogens with one attached hydrogen (secondary N) is 1. The third-order valence-electron chi connectivity index (χ3n) is 2.78. The van der Waals surface area contributed by atoms with Gasteiger partial charge in [-0.25, -0.2) is 0 Å². The Morgan fingerprint density at radius 2 is 1.84 bits per heavy atom. The van der Waals surface area contributed by atoms with Crippen LogP contribution in [0.2, 0.25) is 0 Å². The summed E-state index contributed by atoms with van der Waals surface area (Å²) in [5.74, 6) is 0. The maximum atomic E-state index is 12.3. The number of alkyl halides is 3. The number of nitrogens with zero attached hydrogens (tertiary/aromatic N) is 1. The van der Waals surface area contributed by atoms with Crippen LogP contribution in [0.25, 0.3) is 0 Å². The van der Waals surface area contributed by atoms with Gasteiger partial charge in [-0.1, -0.05) is 0 Å². The number of rotatable bonds is 11. The van der Waals surface area contributed by atoms with E-state index in [0.29, 0.717) is 13.1 Å². The molecule has 1 N–H and O–H groups in total. The van der Waals surface area contributed by atoms with Crippen molar-refractivity contribution in [3.8, 4) is 0 Å². The first-order valence-corrected chi connectivity index (χ1v) is 6.96. The summed E-state index contributed by atoms with van der Waals surface area (Å²) in [6.07, 6.45) is -2.15. The summed E-state index contributed by atoms with van der Waals surface area (Å²) in [4.78, 5) is 1.44. The lowest BCUT2D eigenvalue weighted by Crippen LogP contribution is -2.42. The summed E-state index contributed by atoms with van der Waals surface area (Å²) in [7, 11) is 0. The third-order valence-corrected chi connectivity index (χ3v) is 2.78. The van der Waals surface area contributed by atoms with Crippen LogP contribution in [0.3, 0.4) is 0 Å². The molecule has 0 fully saturated rings. The molecule has 3 nitrogen and oxygen atoms in total. The highest BCUT2D eigenvalue weighted by Gasteiger charge is 2.31. The van der Waals surface area contributed by atoms with Crippen LogP contribution >= 0.6 is 0 Å². The maximum Gasteiger partial charge on any atom is 0.401 e. The third kappa shape index (κ3) is 12.4. The molecule has 19 heavy (non-hydrogen) atoms. The van der Waals surface area contributed by atoms with Gasteiger partial charge in [-0.3, -0.25) is 4.90 Å². The Kier molecular flexibility index (Phi) is 10.3. The monoisotopic (exact) mass is 284 g/mol. The fourth-order valence-electron chi connectivity index (χ4n) is 1.70. The minimum absolute atomic E-state index is 0.0959. The lowest BCUT2D eigenvalue weighted by Gasteiger charge is -2.27. The van der Waals surface area contributed by atoms with Crippen LogP contribution < -0.4 is 5.32 Å². The molecule has 0 aromatic carbocycles. The molecule has 0 aliphatic rings. The molecule has 0 heterocycles. The number of hydrogen-bond donors (Lipinski definition) is 1. The van der Waals surface area contributed by atoms with Gasteiger partial charge in [0.1, 0.15) is 0 Å². The van der Waals surface area contributed by atoms with Crippen LogP contribution in [0.1, 0.15) is 33.6 Å². The van der Waals surface area contributed by atoms with Gasteiger partial charge in [0.2, 0.25) is 0 Å². The highest BCUT2D eigenvalue weighted by Crippen LogP contribution is 2.17. The molecule has 0 aromatic heterocycles. The Bertz CT molecular complexity index is 211. The largest absolute Gasteiger partial charge is 0.401 e. The second-order valence-electron chi connectivity index (χ2n) is 4.83. The molecular weight excluding hydrogens is 257 g/mol. The van der Waals surface area contributed by atoms with E-state index >= 15 is 0 Å². The van der Waals surface area contributed by atoms with Gasteiger partial charge in [0, 0.05) is 32.3 Å². The van der Waals surface area contributed by atoms with Gasteiger partial charge in [-0.15, -0.1) is 0 Å². The molecule has 0 aromatic rings. The van der Waals surface area contributed by atoms with Crippen LogP contribution in [-0.4, -0.2) is 56.5 Å². The molecule has 0 aliphatic carbocycles. The molecule has 0 aliphatic heterocycles. The van der Waals surface area contributed by atoms with Crippen molar-refractivity contribution in [2.75, 3.05) is 39.4 Å². The number of hydrogen-bond acceptors (Lipinski definition) is 3. The second-order valence-corrected chi connectivity index (χ2v) is 4.83. The van der Waals surface area contributed by atoms with Crippen LogP contribution in [0.4, 0.5) is 13.2 Å². The zero-order valence-electron chi connectivity index (χ0n) is 12.2. The van der Waals surface area contributed by atoms with Crippen LogP contribution in [0.5, 0.6) is 0 Å². The van der Waals surface area contributed by atoms with Gasteiger partial charge in [0.15, 0.2) is 0 Å². The first-order valence-electron chi connectivity index (χ1n) is 6.96. The molecule has 0 rings (SSSR count). The van der Waals surface area contributed by atoms with Crippen molar-refractivity contribution >= 4 is 0 Å². The Hall–Kier alpha value is -0.330. The SMILES string of the molecule is CCOCCCCNCCN(CC(F)(F)F)C(C)C. The van der Waals surface area contributed by atoms with Crippen molar-refractivity contribution in [2.45, 2.75) is 45.8 Å².